The van der Waals surface area contributed by atoms with Crippen molar-refractivity contribution in [1.82, 2.24) is 0 Å². The predicted octanol–water partition coefficient (Wildman–Crippen LogP) is 0.140. The zero-order valence-electron chi connectivity index (χ0n) is 5.38. The lowest BCUT2D eigenvalue weighted by atomic mass is 10.0. The molecule has 2 heteroatoms. The van der Waals surface area contributed by atoms with Crippen LogP contribution in [0.1, 0.15) is 19.3 Å². The van der Waals surface area contributed by atoms with Crippen molar-refractivity contribution in [3.63, 3.8) is 0 Å². The second-order valence-electron chi connectivity index (χ2n) is 3.39. The van der Waals surface area contributed by atoms with Gasteiger partial charge in [-0.05, 0) is 25.2 Å². The molecule has 2 fully saturated rings. The van der Waals surface area contributed by atoms with Crippen LogP contribution in [-0.4, -0.2) is 22.9 Å². The molecule has 0 aliphatic heterocycles. The third kappa shape index (κ3) is 0.528. The van der Waals surface area contributed by atoms with Gasteiger partial charge in [-0.2, -0.15) is 0 Å². The summed E-state index contributed by atoms with van der Waals surface area (Å²) in [5.74, 6) is 0.650. The van der Waals surface area contributed by atoms with Crippen molar-refractivity contribution in [1.29, 1.82) is 0 Å². The van der Waals surface area contributed by atoms with Crippen molar-refractivity contribution in [3.8, 4) is 0 Å². The van der Waals surface area contributed by atoms with Gasteiger partial charge in [0.15, 0.2) is 0 Å². The molecule has 0 aromatic carbocycles. The maximum atomic E-state index is 9.33. The van der Waals surface area contributed by atoms with Gasteiger partial charge >= 0.3 is 0 Å². The van der Waals surface area contributed by atoms with E-state index in [0.29, 0.717) is 5.92 Å². The monoisotopic (exact) mass is 128 g/mol. The van der Waals surface area contributed by atoms with Crippen molar-refractivity contribution in [2.45, 2.75) is 25.4 Å². The molecule has 2 saturated carbocycles. The topological polar surface area (TPSA) is 40.5 Å². The molecule has 2 aliphatic rings. The van der Waals surface area contributed by atoms with E-state index in [2.05, 4.69) is 0 Å². The molecule has 0 radical (unpaired) electrons. The SMILES string of the molecule is OCC12C[C@@H]1CCC2O. The van der Waals surface area contributed by atoms with E-state index in [-0.39, 0.29) is 18.1 Å². The summed E-state index contributed by atoms with van der Waals surface area (Å²) in [6, 6.07) is 0. The van der Waals surface area contributed by atoms with Crippen LogP contribution in [0.2, 0.25) is 0 Å². The fourth-order valence-electron chi connectivity index (χ4n) is 2.14. The molecular formula is C7H12O2. The highest BCUT2D eigenvalue weighted by Gasteiger charge is 2.61. The maximum Gasteiger partial charge on any atom is 0.0621 e. The minimum absolute atomic E-state index is 0.0278. The Kier molecular flexibility index (Phi) is 0.945. The molecule has 2 unspecified atom stereocenters. The van der Waals surface area contributed by atoms with E-state index in [1.807, 2.05) is 0 Å². The zero-order valence-corrected chi connectivity index (χ0v) is 5.38. The molecule has 3 atom stereocenters. The molecule has 9 heavy (non-hydrogen) atoms. The third-order valence-electron chi connectivity index (χ3n) is 3.03. The van der Waals surface area contributed by atoms with Crippen LogP contribution in [0.3, 0.4) is 0 Å². The lowest BCUT2D eigenvalue weighted by Gasteiger charge is -2.13. The largest absolute Gasteiger partial charge is 0.396 e. The number of rotatable bonds is 1. The number of hydrogen-bond donors (Lipinski definition) is 2. The van der Waals surface area contributed by atoms with E-state index < -0.39 is 0 Å². The highest BCUT2D eigenvalue weighted by Crippen LogP contribution is 2.62. The molecule has 2 nitrogen and oxygen atoms in total. The fraction of sp³-hybridized carbons (Fsp3) is 1.00. The Balaban J connectivity index is 2.14. The summed E-state index contributed by atoms with van der Waals surface area (Å²) in [5, 5.41) is 18.2. The Morgan fingerprint density at radius 1 is 1.44 bits per heavy atom. The summed E-state index contributed by atoms with van der Waals surface area (Å²) < 4.78 is 0. The van der Waals surface area contributed by atoms with E-state index in [1.165, 1.54) is 0 Å². The normalized spacial score (nSPS) is 55.3. The summed E-state index contributed by atoms with van der Waals surface area (Å²) in [6.07, 6.45) is 2.89. The smallest absolute Gasteiger partial charge is 0.0621 e. The third-order valence-corrected chi connectivity index (χ3v) is 3.03. The molecule has 0 bridgehead atoms. The fourth-order valence-corrected chi connectivity index (χ4v) is 2.14. The average molecular weight is 128 g/mol. The van der Waals surface area contributed by atoms with Crippen LogP contribution in [0.15, 0.2) is 0 Å². The van der Waals surface area contributed by atoms with Crippen molar-refractivity contribution >= 4 is 0 Å². The van der Waals surface area contributed by atoms with Gasteiger partial charge in [0.05, 0.1) is 12.7 Å². The molecule has 2 rings (SSSR count). The Morgan fingerprint density at radius 2 is 2.22 bits per heavy atom. The molecule has 0 saturated heterocycles. The Labute approximate surface area is 54.5 Å². The van der Waals surface area contributed by atoms with Gasteiger partial charge in [-0.3, -0.25) is 0 Å². The van der Waals surface area contributed by atoms with Gasteiger partial charge in [0.1, 0.15) is 0 Å². The van der Waals surface area contributed by atoms with E-state index in [0.717, 1.165) is 19.3 Å². The minimum atomic E-state index is -0.201. The highest BCUT2D eigenvalue weighted by molar-refractivity contribution is 5.11. The van der Waals surface area contributed by atoms with Gasteiger partial charge in [0.2, 0.25) is 0 Å². The van der Waals surface area contributed by atoms with Gasteiger partial charge in [-0.25, -0.2) is 0 Å². The standard InChI is InChI=1S/C7H12O2/c8-4-7-3-5(7)1-2-6(7)9/h5-6,8-9H,1-4H2/t5-,6?,7?/m0/s1. The van der Waals surface area contributed by atoms with Crippen LogP contribution < -0.4 is 0 Å². The first-order valence-corrected chi connectivity index (χ1v) is 3.58. The highest BCUT2D eigenvalue weighted by atomic mass is 16.3. The number of hydrogen-bond acceptors (Lipinski definition) is 2. The lowest BCUT2D eigenvalue weighted by Crippen LogP contribution is -2.22. The van der Waals surface area contributed by atoms with Gasteiger partial charge < -0.3 is 10.2 Å². The summed E-state index contributed by atoms with van der Waals surface area (Å²) in [4.78, 5) is 0. The minimum Gasteiger partial charge on any atom is -0.396 e. The zero-order chi connectivity index (χ0) is 6.48. The summed E-state index contributed by atoms with van der Waals surface area (Å²) >= 11 is 0. The second kappa shape index (κ2) is 1.50. The van der Waals surface area contributed by atoms with Gasteiger partial charge in [-0.1, -0.05) is 0 Å². The molecule has 0 amide bonds. The van der Waals surface area contributed by atoms with Gasteiger partial charge in [0.25, 0.3) is 0 Å². The van der Waals surface area contributed by atoms with Crippen LogP contribution in [0, 0.1) is 11.3 Å². The summed E-state index contributed by atoms with van der Waals surface area (Å²) in [7, 11) is 0. The van der Waals surface area contributed by atoms with E-state index in [9.17, 15) is 5.11 Å². The van der Waals surface area contributed by atoms with Crippen LogP contribution in [0.4, 0.5) is 0 Å². The number of aliphatic hydroxyl groups excluding tert-OH is 2. The lowest BCUT2D eigenvalue weighted by molar-refractivity contribution is 0.0612. The van der Waals surface area contributed by atoms with Crippen LogP contribution in [0.25, 0.3) is 0 Å². The Hall–Kier alpha value is -0.0800. The van der Waals surface area contributed by atoms with Crippen LogP contribution in [-0.2, 0) is 0 Å². The van der Waals surface area contributed by atoms with E-state index in [1.54, 1.807) is 0 Å². The predicted molar refractivity (Wildman–Crippen MR) is 32.9 cm³/mol. The van der Waals surface area contributed by atoms with Gasteiger partial charge in [0, 0.05) is 5.41 Å². The molecule has 2 aliphatic carbocycles. The summed E-state index contributed by atoms with van der Waals surface area (Å²) in [6.45, 7) is 0.193. The molecular weight excluding hydrogens is 116 g/mol. The van der Waals surface area contributed by atoms with Crippen LogP contribution in [0.5, 0.6) is 0 Å². The number of aliphatic hydroxyl groups is 2. The van der Waals surface area contributed by atoms with Crippen molar-refractivity contribution in [2.75, 3.05) is 6.61 Å². The molecule has 0 aromatic rings. The summed E-state index contributed by atoms with van der Waals surface area (Å²) in [5.41, 5.74) is -0.0278. The average Bonchev–Trinajstić information content (AvgIpc) is 2.52. The first-order chi connectivity index (χ1) is 4.29. The Bertz CT molecular complexity index is 131. The maximum absolute atomic E-state index is 9.33. The van der Waals surface area contributed by atoms with Crippen molar-refractivity contribution in [2.24, 2.45) is 11.3 Å². The first-order valence-electron chi connectivity index (χ1n) is 3.58. The Morgan fingerprint density at radius 3 is 2.44 bits per heavy atom. The van der Waals surface area contributed by atoms with E-state index >= 15 is 0 Å². The van der Waals surface area contributed by atoms with Gasteiger partial charge in [-0.15, -0.1) is 0 Å². The molecule has 0 spiro atoms. The number of fused-ring (bicyclic) bond motifs is 1. The van der Waals surface area contributed by atoms with E-state index in [4.69, 9.17) is 5.11 Å². The molecule has 0 aromatic heterocycles. The first kappa shape index (κ1) is 5.69. The molecule has 0 heterocycles. The van der Waals surface area contributed by atoms with Crippen molar-refractivity contribution < 1.29 is 10.2 Å². The van der Waals surface area contributed by atoms with Crippen molar-refractivity contribution in [3.05, 3.63) is 0 Å². The van der Waals surface area contributed by atoms with Crippen LogP contribution >= 0.6 is 0 Å². The molecule has 52 valence electrons. The molecule has 2 N–H and O–H groups in total. The quantitative estimate of drug-likeness (QED) is 0.527. The second-order valence-corrected chi connectivity index (χ2v) is 3.39.